The maximum absolute atomic E-state index is 13.0. The predicted molar refractivity (Wildman–Crippen MR) is 104 cm³/mol. The van der Waals surface area contributed by atoms with E-state index >= 15 is 0 Å². The van der Waals surface area contributed by atoms with Gasteiger partial charge in [0.05, 0.1) is 25.5 Å². The number of rotatable bonds is 4. The van der Waals surface area contributed by atoms with E-state index in [0.29, 0.717) is 25.8 Å². The summed E-state index contributed by atoms with van der Waals surface area (Å²) in [5, 5.41) is 3.60. The van der Waals surface area contributed by atoms with Crippen molar-refractivity contribution in [1.29, 1.82) is 0 Å². The lowest BCUT2D eigenvalue weighted by molar-refractivity contribution is -0.139. The molecule has 0 atom stereocenters. The quantitative estimate of drug-likeness (QED) is 0.831. The Morgan fingerprint density at radius 1 is 0.964 bits per heavy atom. The molecule has 1 amide bonds. The number of aromatic nitrogens is 2. The lowest BCUT2D eigenvalue weighted by atomic mass is 9.96. The van der Waals surface area contributed by atoms with E-state index in [1.165, 1.54) is 12.8 Å². The summed E-state index contributed by atoms with van der Waals surface area (Å²) in [6, 6.07) is 0.512. The van der Waals surface area contributed by atoms with Gasteiger partial charge in [-0.25, -0.2) is 4.98 Å². The SMILES string of the molecule is O=C(C1CCOCC1)N1CCc2nc(N3CCOCC3)nc(NC3CC3)c2C1. The van der Waals surface area contributed by atoms with Gasteiger partial charge in [-0.05, 0) is 25.7 Å². The number of fused-ring (bicyclic) bond motifs is 1. The summed E-state index contributed by atoms with van der Waals surface area (Å²) in [6.07, 6.45) is 4.85. The van der Waals surface area contributed by atoms with Gasteiger partial charge in [0.1, 0.15) is 5.82 Å². The van der Waals surface area contributed by atoms with Crippen LogP contribution in [0.5, 0.6) is 0 Å². The van der Waals surface area contributed by atoms with Crippen molar-refractivity contribution in [3.8, 4) is 0 Å². The molecule has 152 valence electrons. The minimum atomic E-state index is 0.101. The first kappa shape index (κ1) is 18.1. The second-order valence-electron chi connectivity index (χ2n) is 8.21. The third-order valence-corrected chi connectivity index (χ3v) is 6.14. The molecule has 0 spiro atoms. The minimum absolute atomic E-state index is 0.101. The largest absolute Gasteiger partial charge is 0.381 e. The lowest BCUT2D eigenvalue weighted by Crippen LogP contribution is -2.42. The number of carbonyl (C=O) groups is 1. The number of hydrogen-bond donors (Lipinski definition) is 1. The van der Waals surface area contributed by atoms with Crippen molar-refractivity contribution in [2.75, 3.05) is 56.3 Å². The molecule has 0 radical (unpaired) electrons. The fourth-order valence-electron chi connectivity index (χ4n) is 4.24. The molecule has 2 saturated heterocycles. The summed E-state index contributed by atoms with van der Waals surface area (Å²) in [5.74, 6) is 2.10. The molecule has 3 aliphatic heterocycles. The molecule has 8 nitrogen and oxygen atoms in total. The molecule has 1 saturated carbocycles. The topological polar surface area (TPSA) is 79.8 Å². The van der Waals surface area contributed by atoms with Gasteiger partial charge in [0.25, 0.3) is 0 Å². The fourth-order valence-corrected chi connectivity index (χ4v) is 4.24. The third-order valence-electron chi connectivity index (χ3n) is 6.14. The van der Waals surface area contributed by atoms with E-state index in [2.05, 4.69) is 10.2 Å². The van der Waals surface area contributed by atoms with Gasteiger partial charge in [0.2, 0.25) is 11.9 Å². The molecule has 1 aliphatic carbocycles. The standard InChI is InChI=1S/C20H29N5O3/c26-19(14-4-9-27-10-5-14)25-6-3-17-16(13-25)18(21-15-1-2-15)23-20(22-17)24-7-11-28-12-8-24/h14-15H,1-13H2,(H,21,22,23). The average molecular weight is 387 g/mol. The molecule has 1 N–H and O–H groups in total. The molecule has 8 heteroatoms. The van der Waals surface area contributed by atoms with E-state index in [0.717, 1.165) is 75.1 Å². The van der Waals surface area contributed by atoms with Crippen LogP contribution in [0.4, 0.5) is 11.8 Å². The fraction of sp³-hybridized carbons (Fsp3) is 0.750. The minimum Gasteiger partial charge on any atom is -0.381 e. The van der Waals surface area contributed by atoms with Crippen molar-refractivity contribution >= 4 is 17.7 Å². The Morgan fingerprint density at radius 2 is 1.71 bits per heavy atom. The molecule has 4 heterocycles. The molecule has 28 heavy (non-hydrogen) atoms. The van der Waals surface area contributed by atoms with Crippen LogP contribution in [0.2, 0.25) is 0 Å². The van der Waals surface area contributed by atoms with Crippen molar-refractivity contribution < 1.29 is 14.3 Å². The van der Waals surface area contributed by atoms with Gasteiger partial charge in [-0.15, -0.1) is 0 Å². The van der Waals surface area contributed by atoms with Gasteiger partial charge in [-0.1, -0.05) is 0 Å². The molecule has 0 aromatic carbocycles. The van der Waals surface area contributed by atoms with Crippen LogP contribution in [-0.4, -0.2) is 72.9 Å². The van der Waals surface area contributed by atoms with Crippen molar-refractivity contribution in [2.45, 2.75) is 44.7 Å². The second kappa shape index (κ2) is 7.83. The summed E-state index contributed by atoms with van der Waals surface area (Å²) in [7, 11) is 0. The summed E-state index contributed by atoms with van der Waals surface area (Å²) >= 11 is 0. The normalized spacial score (nSPS) is 23.4. The van der Waals surface area contributed by atoms with Crippen molar-refractivity contribution in [1.82, 2.24) is 14.9 Å². The number of nitrogens with one attached hydrogen (secondary N) is 1. The number of hydrogen-bond acceptors (Lipinski definition) is 7. The van der Waals surface area contributed by atoms with Crippen LogP contribution < -0.4 is 10.2 Å². The van der Waals surface area contributed by atoms with Gasteiger partial charge in [0, 0.05) is 56.8 Å². The van der Waals surface area contributed by atoms with E-state index in [-0.39, 0.29) is 11.8 Å². The number of morpholine rings is 1. The number of nitrogens with zero attached hydrogens (tertiary/aromatic N) is 4. The molecule has 3 fully saturated rings. The third kappa shape index (κ3) is 3.80. The van der Waals surface area contributed by atoms with Crippen LogP contribution in [-0.2, 0) is 27.2 Å². The Kier molecular flexibility index (Phi) is 5.07. The van der Waals surface area contributed by atoms with Crippen LogP contribution in [0.15, 0.2) is 0 Å². The summed E-state index contributed by atoms with van der Waals surface area (Å²) in [5.41, 5.74) is 2.20. The Balaban J connectivity index is 1.38. The van der Waals surface area contributed by atoms with E-state index < -0.39 is 0 Å². The van der Waals surface area contributed by atoms with Crippen LogP contribution in [0.1, 0.15) is 36.9 Å². The van der Waals surface area contributed by atoms with Gasteiger partial charge in [-0.2, -0.15) is 4.98 Å². The molecular formula is C20H29N5O3. The molecule has 0 unspecified atom stereocenters. The number of anilines is 2. The number of ether oxygens (including phenoxy) is 2. The summed E-state index contributed by atoms with van der Waals surface area (Å²) < 4.78 is 10.9. The highest BCUT2D eigenvalue weighted by molar-refractivity contribution is 5.79. The van der Waals surface area contributed by atoms with Crippen LogP contribution in [0, 0.1) is 5.92 Å². The van der Waals surface area contributed by atoms with E-state index in [1.54, 1.807) is 0 Å². The predicted octanol–water partition coefficient (Wildman–Crippen LogP) is 1.20. The van der Waals surface area contributed by atoms with Crippen molar-refractivity contribution in [3.63, 3.8) is 0 Å². The smallest absolute Gasteiger partial charge is 0.227 e. The van der Waals surface area contributed by atoms with E-state index in [4.69, 9.17) is 19.4 Å². The summed E-state index contributed by atoms with van der Waals surface area (Å²) in [4.78, 5) is 27.0. The second-order valence-corrected chi connectivity index (χ2v) is 8.21. The lowest BCUT2D eigenvalue weighted by Gasteiger charge is -2.34. The molecular weight excluding hydrogens is 358 g/mol. The first-order valence-electron chi connectivity index (χ1n) is 10.6. The van der Waals surface area contributed by atoms with Crippen LogP contribution >= 0.6 is 0 Å². The monoisotopic (exact) mass is 387 g/mol. The van der Waals surface area contributed by atoms with Gasteiger partial charge in [0.15, 0.2) is 0 Å². The number of carbonyl (C=O) groups excluding carboxylic acids is 1. The summed E-state index contributed by atoms with van der Waals surface area (Å²) in [6.45, 7) is 5.85. The Hall–Kier alpha value is -1.93. The Labute approximate surface area is 165 Å². The van der Waals surface area contributed by atoms with Gasteiger partial charge >= 0.3 is 0 Å². The number of amides is 1. The molecule has 1 aromatic rings. The zero-order valence-electron chi connectivity index (χ0n) is 16.4. The maximum atomic E-state index is 13.0. The first-order chi connectivity index (χ1) is 13.8. The zero-order valence-corrected chi connectivity index (χ0v) is 16.4. The Bertz CT molecular complexity index is 727. The van der Waals surface area contributed by atoms with Crippen LogP contribution in [0.3, 0.4) is 0 Å². The maximum Gasteiger partial charge on any atom is 0.227 e. The zero-order chi connectivity index (χ0) is 18.9. The van der Waals surface area contributed by atoms with Gasteiger partial charge < -0.3 is 24.6 Å². The highest BCUT2D eigenvalue weighted by Gasteiger charge is 2.32. The highest BCUT2D eigenvalue weighted by atomic mass is 16.5. The van der Waals surface area contributed by atoms with E-state index in [1.807, 2.05) is 4.90 Å². The highest BCUT2D eigenvalue weighted by Crippen LogP contribution is 2.32. The molecule has 1 aromatic heterocycles. The van der Waals surface area contributed by atoms with Gasteiger partial charge in [-0.3, -0.25) is 4.79 Å². The Morgan fingerprint density at radius 3 is 2.46 bits per heavy atom. The van der Waals surface area contributed by atoms with Crippen molar-refractivity contribution in [3.05, 3.63) is 11.3 Å². The first-order valence-corrected chi connectivity index (χ1v) is 10.6. The van der Waals surface area contributed by atoms with Crippen molar-refractivity contribution in [2.24, 2.45) is 5.92 Å². The molecule has 5 rings (SSSR count). The molecule has 4 aliphatic rings. The van der Waals surface area contributed by atoms with E-state index in [9.17, 15) is 4.79 Å². The van der Waals surface area contributed by atoms with Crippen LogP contribution in [0.25, 0.3) is 0 Å². The average Bonchev–Trinajstić information content (AvgIpc) is 3.58. The molecule has 0 bridgehead atoms.